The molecule has 2 aromatic carbocycles. The SMILES string of the molecule is CN(C(=O)Oc1c(N2CCN(CC3(O)CN(C(=O)OC(C)(C)C)C3)C2=O)cc(C(F)(F)F)cc1C(F)(F)F)c1ccc(F)c(Cl)c1F. The van der Waals surface area contributed by atoms with Crippen LogP contribution in [-0.2, 0) is 17.1 Å². The number of likely N-dealkylation sites (tertiary alicyclic amines) is 1. The molecular weight excluding hydrogens is 676 g/mol. The van der Waals surface area contributed by atoms with Crippen LogP contribution in [0.2, 0.25) is 5.02 Å². The van der Waals surface area contributed by atoms with Crippen molar-refractivity contribution < 1.29 is 64.1 Å². The van der Waals surface area contributed by atoms with Crippen LogP contribution < -0.4 is 14.5 Å². The molecule has 0 bridgehead atoms. The van der Waals surface area contributed by atoms with Crippen LogP contribution in [0.15, 0.2) is 24.3 Å². The predicted octanol–water partition coefficient (Wildman–Crippen LogP) is 6.51. The summed E-state index contributed by atoms with van der Waals surface area (Å²) in [5.74, 6) is -4.22. The number of amides is 4. The van der Waals surface area contributed by atoms with Crippen molar-refractivity contribution in [2.45, 2.75) is 44.3 Å². The second-order valence-corrected chi connectivity index (χ2v) is 12.3. The summed E-state index contributed by atoms with van der Waals surface area (Å²) in [6.07, 6.45) is -13.4. The van der Waals surface area contributed by atoms with Gasteiger partial charge in [-0.05, 0) is 45.0 Å². The van der Waals surface area contributed by atoms with Crippen molar-refractivity contribution in [3.05, 3.63) is 52.0 Å². The van der Waals surface area contributed by atoms with Crippen molar-refractivity contribution in [3.8, 4) is 5.75 Å². The van der Waals surface area contributed by atoms with Gasteiger partial charge in [0.25, 0.3) is 0 Å². The van der Waals surface area contributed by atoms with Crippen LogP contribution in [0.3, 0.4) is 0 Å². The van der Waals surface area contributed by atoms with Gasteiger partial charge in [-0.15, -0.1) is 0 Å². The van der Waals surface area contributed by atoms with Gasteiger partial charge in [-0.3, -0.25) is 9.80 Å². The van der Waals surface area contributed by atoms with Gasteiger partial charge in [-0.25, -0.2) is 23.2 Å². The lowest BCUT2D eigenvalue weighted by atomic mass is 9.94. The van der Waals surface area contributed by atoms with Gasteiger partial charge >= 0.3 is 30.6 Å². The zero-order valence-electron chi connectivity index (χ0n) is 25.0. The molecular formula is C28H27ClF8N4O6. The van der Waals surface area contributed by atoms with E-state index >= 15 is 0 Å². The highest BCUT2D eigenvalue weighted by molar-refractivity contribution is 6.31. The van der Waals surface area contributed by atoms with Crippen LogP contribution >= 0.6 is 11.6 Å². The van der Waals surface area contributed by atoms with E-state index in [0.29, 0.717) is 21.9 Å². The molecule has 258 valence electrons. The minimum atomic E-state index is -5.57. The quantitative estimate of drug-likeness (QED) is 0.282. The molecule has 2 aromatic rings. The van der Waals surface area contributed by atoms with Gasteiger partial charge in [0.2, 0.25) is 0 Å². The fraction of sp³-hybridized carbons (Fsp3) is 0.464. The Morgan fingerprint density at radius 3 is 2.19 bits per heavy atom. The van der Waals surface area contributed by atoms with E-state index in [0.717, 1.165) is 16.8 Å². The first kappa shape index (κ1) is 35.8. The molecule has 0 spiro atoms. The van der Waals surface area contributed by atoms with Crippen molar-refractivity contribution in [2.24, 2.45) is 0 Å². The highest BCUT2D eigenvalue weighted by atomic mass is 35.5. The largest absolute Gasteiger partial charge is 0.444 e. The van der Waals surface area contributed by atoms with Crippen molar-refractivity contribution in [2.75, 3.05) is 49.6 Å². The van der Waals surface area contributed by atoms with E-state index in [1.54, 1.807) is 20.8 Å². The molecule has 2 aliphatic heterocycles. The van der Waals surface area contributed by atoms with E-state index in [1.165, 1.54) is 0 Å². The third-order valence-corrected chi connectivity index (χ3v) is 7.38. The third kappa shape index (κ3) is 7.58. The average Bonchev–Trinajstić information content (AvgIpc) is 3.26. The summed E-state index contributed by atoms with van der Waals surface area (Å²) < 4.78 is 122. The average molecular weight is 703 g/mol. The molecule has 0 aromatic heterocycles. The second-order valence-electron chi connectivity index (χ2n) is 11.9. The molecule has 2 saturated heterocycles. The molecule has 19 heteroatoms. The Labute approximate surface area is 266 Å². The number of anilines is 2. The normalized spacial score (nSPS) is 16.7. The molecule has 0 atom stereocenters. The van der Waals surface area contributed by atoms with Gasteiger partial charge in [0, 0.05) is 20.1 Å². The van der Waals surface area contributed by atoms with Crippen molar-refractivity contribution >= 4 is 41.2 Å². The van der Waals surface area contributed by atoms with Gasteiger partial charge in [-0.2, -0.15) is 26.3 Å². The van der Waals surface area contributed by atoms with E-state index in [-0.39, 0.29) is 31.8 Å². The Morgan fingerprint density at radius 2 is 1.64 bits per heavy atom. The molecule has 47 heavy (non-hydrogen) atoms. The highest BCUT2D eigenvalue weighted by Gasteiger charge is 2.49. The van der Waals surface area contributed by atoms with Crippen LogP contribution in [-0.4, -0.2) is 84.1 Å². The lowest BCUT2D eigenvalue weighted by Crippen LogP contribution is -2.68. The van der Waals surface area contributed by atoms with Crippen LogP contribution in [0.1, 0.15) is 31.9 Å². The minimum Gasteiger partial charge on any atom is -0.444 e. The number of aliphatic hydroxyl groups is 1. The fourth-order valence-corrected chi connectivity index (χ4v) is 5.01. The number of ether oxygens (including phenoxy) is 2. The van der Waals surface area contributed by atoms with Gasteiger partial charge in [0.15, 0.2) is 11.6 Å². The highest BCUT2D eigenvalue weighted by Crippen LogP contribution is 2.47. The summed E-state index contributed by atoms with van der Waals surface area (Å²) in [5, 5.41) is 9.81. The molecule has 0 aliphatic carbocycles. The first-order valence-electron chi connectivity index (χ1n) is 13.6. The van der Waals surface area contributed by atoms with E-state index in [1.807, 2.05) is 0 Å². The number of β-amino-alcohol motifs (C(OH)–C–C–N with tert-alkyl or cyclic N) is 1. The molecule has 4 amide bonds. The summed E-state index contributed by atoms with van der Waals surface area (Å²) in [7, 11) is 0.814. The predicted molar refractivity (Wildman–Crippen MR) is 149 cm³/mol. The van der Waals surface area contributed by atoms with Crippen molar-refractivity contribution in [1.29, 1.82) is 0 Å². The zero-order chi connectivity index (χ0) is 35.4. The molecule has 0 radical (unpaired) electrons. The number of halogens is 9. The summed E-state index contributed by atoms with van der Waals surface area (Å²) in [6, 6.07) is 0.0744. The zero-order valence-corrected chi connectivity index (χ0v) is 25.8. The number of hydrogen-bond acceptors (Lipinski definition) is 6. The van der Waals surface area contributed by atoms with Crippen LogP contribution in [0.5, 0.6) is 5.75 Å². The molecule has 0 unspecified atom stereocenters. The fourth-order valence-electron chi connectivity index (χ4n) is 4.85. The Kier molecular flexibility index (Phi) is 9.28. The van der Waals surface area contributed by atoms with Gasteiger partial charge in [0.05, 0.1) is 36.6 Å². The molecule has 2 fully saturated rings. The number of nitrogens with zero attached hydrogens (tertiary/aromatic N) is 4. The van der Waals surface area contributed by atoms with E-state index < -0.39 is 99.8 Å². The number of carbonyl (C=O) groups is 3. The van der Waals surface area contributed by atoms with Crippen LogP contribution in [0.4, 0.5) is 60.9 Å². The van der Waals surface area contributed by atoms with E-state index in [4.69, 9.17) is 21.1 Å². The summed E-state index contributed by atoms with van der Waals surface area (Å²) in [4.78, 5) is 41.4. The molecule has 4 rings (SSSR count). The monoisotopic (exact) mass is 702 g/mol. The van der Waals surface area contributed by atoms with Crippen molar-refractivity contribution in [1.82, 2.24) is 9.80 Å². The van der Waals surface area contributed by atoms with Crippen LogP contribution in [0, 0.1) is 11.6 Å². The smallest absolute Gasteiger partial charge is 0.420 e. The van der Waals surface area contributed by atoms with Crippen molar-refractivity contribution in [3.63, 3.8) is 0 Å². The van der Waals surface area contributed by atoms with Gasteiger partial charge < -0.3 is 24.4 Å². The Morgan fingerprint density at radius 1 is 1.02 bits per heavy atom. The van der Waals surface area contributed by atoms with E-state index in [9.17, 15) is 54.6 Å². The minimum absolute atomic E-state index is 0.177. The first-order valence-corrected chi connectivity index (χ1v) is 14.0. The maximum atomic E-state index is 14.6. The Hall–Kier alpha value is -4.06. The standard InChI is InChI=1S/C28H27ClF8N4O6/c1-25(2,3)47-24(44)40-12-26(45,13-40)11-39-7-8-41(22(39)42)18-10-14(27(32,33)34)9-15(28(35,36)37)21(18)46-23(43)38(4)17-6-5-16(30)19(29)20(17)31/h5-6,9-10,45H,7-8,11-13H2,1-4H3. The van der Waals surface area contributed by atoms with E-state index in [2.05, 4.69) is 0 Å². The number of alkyl halides is 6. The van der Waals surface area contributed by atoms with Gasteiger partial charge in [-0.1, -0.05) is 11.6 Å². The Balaban J connectivity index is 1.67. The molecule has 1 N–H and O–H groups in total. The number of urea groups is 1. The first-order chi connectivity index (χ1) is 21.4. The van der Waals surface area contributed by atoms with Gasteiger partial charge in [0.1, 0.15) is 27.6 Å². The summed E-state index contributed by atoms with van der Waals surface area (Å²) in [6.45, 7) is 3.02. The topological polar surface area (TPSA) is 103 Å². The molecule has 0 saturated carbocycles. The summed E-state index contributed by atoms with van der Waals surface area (Å²) >= 11 is 5.51. The number of rotatable bonds is 5. The molecule has 2 aliphatic rings. The lowest BCUT2D eigenvalue weighted by Gasteiger charge is -2.47. The molecule has 10 nitrogen and oxygen atoms in total. The maximum Gasteiger partial charge on any atom is 0.420 e. The summed E-state index contributed by atoms with van der Waals surface area (Å²) in [5.41, 5.74) is -8.28. The number of carbonyl (C=O) groups excluding carboxylic acids is 3. The Bertz CT molecular complexity index is 1590. The third-order valence-electron chi connectivity index (χ3n) is 7.03. The lowest BCUT2D eigenvalue weighted by molar-refractivity contribution is -0.143. The number of hydrogen-bond donors (Lipinski definition) is 1. The second kappa shape index (κ2) is 12.2. The maximum absolute atomic E-state index is 14.6. The molecule has 2 heterocycles. The van der Waals surface area contributed by atoms with Crippen LogP contribution in [0.25, 0.3) is 0 Å². The number of benzene rings is 2.